The first kappa shape index (κ1) is 24.1. The van der Waals surface area contributed by atoms with Gasteiger partial charge in [-0.25, -0.2) is 0 Å². The summed E-state index contributed by atoms with van der Waals surface area (Å²) in [6, 6.07) is 10.2. The summed E-state index contributed by atoms with van der Waals surface area (Å²) >= 11 is 0. The zero-order chi connectivity index (χ0) is 18.5. The molecule has 0 saturated carbocycles. The number of benzene rings is 1. The molecule has 0 fully saturated rings. The summed E-state index contributed by atoms with van der Waals surface area (Å²) in [5, 5.41) is 0. The van der Waals surface area contributed by atoms with Crippen LogP contribution < -0.4 is 5.73 Å². The van der Waals surface area contributed by atoms with E-state index in [-0.39, 0.29) is 0 Å². The van der Waals surface area contributed by atoms with Crippen molar-refractivity contribution in [2.75, 3.05) is 6.54 Å². The minimum absolute atomic E-state index is 0.557. The van der Waals surface area contributed by atoms with Gasteiger partial charge < -0.3 is 5.73 Å². The Bertz CT molecular complexity index is 478. The zero-order valence-electron chi connectivity index (χ0n) is 15.7. The standard InChI is InChI=1S/C13H15N.C7H12.C3H8/c1-2-7-12(10-6-11-14)13-8-4-3-5-9-13;1-3-5-7-6-4-2;1-3-2/h2-10H,1,11,14H2;3-4,6H,1,5,7H2,2H3;3H2,1-2H3/b10-6-,12-7+;6-4-;. The first-order valence-corrected chi connectivity index (χ1v) is 8.68. The number of unbranched alkanes of at least 4 members (excludes halogenated alkanes) is 1. The average Bonchev–Trinajstić information content (AvgIpc) is 2.61. The molecule has 1 aromatic rings. The third kappa shape index (κ3) is 16.3. The highest BCUT2D eigenvalue weighted by Crippen LogP contribution is 2.15. The normalized spacial score (nSPS) is 10.6. The van der Waals surface area contributed by atoms with E-state index in [9.17, 15) is 0 Å². The lowest BCUT2D eigenvalue weighted by atomic mass is 10.1. The number of hydrogen-bond acceptors (Lipinski definition) is 1. The van der Waals surface area contributed by atoms with Crippen molar-refractivity contribution in [2.24, 2.45) is 5.73 Å². The van der Waals surface area contributed by atoms with Gasteiger partial charge in [-0.1, -0.05) is 99.7 Å². The third-order valence-corrected chi connectivity index (χ3v) is 2.61. The molecular weight excluding hydrogens is 290 g/mol. The molecule has 0 bridgehead atoms. The fourth-order valence-corrected chi connectivity index (χ4v) is 1.58. The Kier molecular flexibility index (Phi) is 21.0. The van der Waals surface area contributed by atoms with Gasteiger partial charge in [0.1, 0.15) is 0 Å². The molecule has 24 heavy (non-hydrogen) atoms. The van der Waals surface area contributed by atoms with Gasteiger partial charge in [-0.15, -0.1) is 6.58 Å². The van der Waals surface area contributed by atoms with Gasteiger partial charge in [0, 0.05) is 6.54 Å². The molecule has 132 valence electrons. The van der Waals surface area contributed by atoms with E-state index in [1.54, 1.807) is 6.08 Å². The topological polar surface area (TPSA) is 26.0 Å². The monoisotopic (exact) mass is 325 g/mol. The summed E-state index contributed by atoms with van der Waals surface area (Å²) in [6.45, 7) is 14.1. The van der Waals surface area contributed by atoms with Crippen LogP contribution >= 0.6 is 0 Å². The highest BCUT2D eigenvalue weighted by atomic mass is 14.5. The SMILES string of the molecule is C=C/C=C(\C=C/CN)c1ccccc1.C=CCC/C=C\C.CCC. The fraction of sp³-hybridized carbons (Fsp3) is 0.304. The zero-order valence-corrected chi connectivity index (χ0v) is 15.7. The summed E-state index contributed by atoms with van der Waals surface area (Å²) in [4.78, 5) is 0. The van der Waals surface area contributed by atoms with Crippen molar-refractivity contribution in [3.05, 3.63) is 91.6 Å². The van der Waals surface area contributed by atoms with Crippen LogP contribution in [0.5, 0.6) is 0 Å². The molecule has 0 aliphatic rings. The van der Waals surface area contributed by atoms with Crippen LogP contribution in [0.4, 0.5) is 0 Å². The molecule has 2 N–H and O–H groups in total. The van der Waals surface area contributed by atoms with E-state index in [2.05, 4.69) is 51.3 Å². The van der Waals surface area contributed by atoms with Crippen LogP contribution in [0.15, 0.2) is 86.0 Å². The van der Waals surface area contributed by atoms with Crippen LogP contribution in [-0.4, -0.2) is 6.54 Å². The smallest absolute Gasteiger partial charge is 0.0110 e. The van der Waals surface area contributed by atoms with Gasteiger partial charge in [-0.2, -0.15) is 0 Å². The van der Waals surface area contributed by atoms with Crippen LogP contribution in [0.1, 0.15) is 45.6 Å². The molecule has 0 heterocycles. The van der Waals surface area contributed by atoms with Crippen molar-refractivity contribution in [3.63, 3.8) is 0 Å². The quantitative estimate of drug-likeness (QED) is 0.336. The van der Waals surface area contributed by atoms with Gasteiger partial charge in [-0.3, -0.25) is 0 Å². The van der Waals surface area contributed by atoms with E-state index in [1.807, 2.05) is 49.4 Å². The fourth-order valence-electron chi connectivity index (χ4n) is 1.58. The van der Waals surface area contributed by atoms with Gasteiger partial charge in [0.05, 0.1) is 0 Å². The summed E-state index contributed by atoms with van der Waals surface area (Å²) in [7, 11) is 0. The molecule has 0 amide bonds. The number of rotatable bonds is 7. The second kappa shape index (κ2) is 20.9. The summed E-state index contributed by atoms with van der Waals surface area (Å²) < 4.78 is 0. The highest BCUT2D eigenvalue weighted by molar-refractivity contribution is 5.74. The maximum atomic E-state index is 5.41. The Balaban J connectivity index is 0. The molecule has 0 aliphatic carbocycles. The van der Waals surface area contributed by atoms with Gasteiger partial charge in [-0.05, 0) is 30.9 Å². The molecule has 0 aliphatic heterocycles. The third-order valence-electron chi connectivity index (χ3n) is 2.61. The summed E-state index contributed by atoms with van der Waals surface area (Å²) in [6.07, 6.45) is 17.3. The highest BCUT2D eigenvalue weighted by Gasteiger charge is 1.93. The lowest BCUT2D eigenvalue weighted by Crippen LogP contribution is -1.92. The minimum Gasteiger partial charge on any atom is -0.327 e. The Hall–Kier alpha value is -2.12. The molecule has 1 rings (SSSR count). The van der Waals surface area contributed by atoms with Crippen molar-refractivity contribution < 1.29 is 0 Å². The van der Waals surface area contributed by atoms with E-state index in [0.717, 1.165) is 18.4 Å². The molecule has 1 aromatic carbocycles. The van der Waals surface area contributed by atoms with Crippen molar-refractivity contribution in [1.29, 1.82) is 0 Å². The molecule has 0 atom stereocenters. The van der Waals surface area contributed by atoms with Gasteiger partial charge in [0.15, 0.2) is 0 Å². The molecule has 1 heteroatoms. The van der Waals surface area contributed by atoms with E-state index in [0.29, 0.717) is 6.54 Å². The van der Waals surface area contributed by atoms with Gasteiger partial charge in [0.25, 0.3) is 0 Å². The van der Waals surface area contributed by atoms with Crippen molar-refractivity contribution >= 4 is 5.57 Å². The average molecular weight is 326 g/mol. The van der Waals surface area contributed by atoms with Crippen molar-refractivity contribution in [1.82, 2.24) is 0 Å². The second-order valence-electron chi connectivity index (χ2n) is 5.00. The van der Waals surface area contributed by atoms with E-state index in [1.165, 1.54) is 12.0 Å². The maximum absolute atomic E-state index is 5.41. The van der Waals surface area contributed by atoms with Crippen LogP contribution in [-0.2, 0) is 0 Å². The number of nitrogens with two attached hydrogens (primary N) is 1. The minimum atomic E-state index is 0.557. The molecule has 0 saturated heterocycles. The number of allylic oxidation sites excluding steroid dienone is 7. The Morgan fingerprint density at radius 2 is 1.67 bits per heavy atom. The van der Waals surface area contributed by atoms with Gasteiger partial charge in [0.2, 0.25) is 0 Å². The van der Waals surface area contributed by atoms with Crippen molar-refractivity contribution in [2.45, 2.75) is 40.0 Å². The van der Waals surface area contributed by atoms with Crippen LogP contribution in [0.3, 0.4) is 0 Å². The molecule has 0 unspecified atom stereocenters. The first-order valence-electron chi connectivity index (χ1n) is 8.68. The molecule has 1 nitrogen and oxygen atoms in total. The molecular formula is C23H35N. The van der Waals surface area contributed by atoms with E-state index >= 15 is 0 Å². The largest absolute Gasteiger partial charge is 0.327 e. The molecule has 0 spiro atoms. The second-order valence-corrected chi connectivity index (χ2v) is 5.00. The predicted molar refractivity (Wildman–Crippen MR) is 113 cm³/mol. The Morgan fingerprint density at radius 3 is 2.12 bits per heavy atom. The molecule has 0 radical (unpaired) electrons. The Labute approximate surface area is 150 Å². The lowest BCUT2D eigenvalue weighted by Gasteiger charge is -2.00. The maximum Gasteiger partial charge on any atom is 0.0110 e. The van der Waals surface area contributed by atoms with Crippen LogP contribution in [0, 0.1) is 0 Å². The van der Waals surface area contributed by atoms with Crippen molar-refractivity contribution in [3.8, 4) is 0 Å². The first-order chi connectivity index (χ1) is 11.7. The number of hydrogen-bond donors (Lipinski definition) is 1. The van der Waals surface area contributed by atoms with Crippen LogP contribution in [0.2, 0.25) is 0 Å². The summed E-state index contributed by atoms with van der Waals surface area (Å²) in [5.41, 5.74) is 7.72. The Morgan fingerprint density at radius 1 is 1.04 bits per heavy atom. The van der Waals surface area contributed by atoms with Gasteiger partial charge >= 0.3 is 0 Å². The predicted octanol–water partition coefficient (Wildman–Crippen LogP) is 6.72. The van der Waals surface area contributed by atoms with E-state index in [4.69, 9.17) is 5.73 Å². The summed E-state index contributed by atoms with van der Waals surface area (Å²) in [5.74, 6) is 0. The van der Waals surface area contributed by atoms with Crippen LogP contribution in [0.25, 0.3) is 5.57 Å². The molecule has 0 aromatic heterocycles. The lowest BCUT2D eigenvalue weighted by molar-refractivity contribution is 1.05. The van der Waals surface area contributed by atoms with E-state index < -0.39 is 0 Å².